The first kappa shape index (κ1) is 21.8. The van der Waals surface area contributed by atoms with Crippen LogP contribution < -0.4 is 10.6 Å². The molecule has 7 nitrogen and oxygen atoms in total. The molecule has 0 bridgehead atoms. The summed E-state index contributed by atoms with van der Waals surface area (Å²) in [7, 11) is 0. The predicted molar refractivity (Wildman–Crippen MR) is 106 cm³/mol. The summed E-state index contributed by atoms with van der Waals surface area (Å²) in [6.07, 6.45) is 3.01. The number of nitrogens with zero attached hydrogens (tertiary/aromatic N) is 1. The maximum atomic E-state index is 12.4. The second kappa shape index (κ2) is 10.1. The lowest BCUT2D eigenvalue weighted by Crippen LogP contribution is -2.46. The molecule has 28 heavy (non-hydrogen) atoms. The lowest BCUT2D eigenvalue weighted by molar-refractivity contribution is -0.125. The summed E-state index contributed by atoms with van der Waals surface area (Å²) in [4.78, 5) is 36.9. The Balaban J connectivity index is 1.91. The molecule has 1 aliphatic carbocycles. The van der Waals surface area contributed by atoms with Crippen molar-refractivity contribution < 1.29 is 19.1 Å². The zero-order valence-corrected chi connectivity index (χ0v) is 16.9. The van der Waals surface area contributed by atoms with Crippen LogP contribution in [0.25, 0.3) is 0 Å². The van der Waals surface area contributed by atoms with Gasteiger partial charge >= 0.3 is 5.97 Å². The normalized spacial score (nSPS) is 14.9. The van der Waals surface area contributed by atoms with E-state index in [9.17, 15) is 19.6 Å². The van der Waals surface area contributed by atoms with Crippen molar-refractivity contribution in [1.29, 1.82) is 5.26 Å². The highest BCUT2D eigenvalue weighted by Gasteiger charge is 2.35. The van der Waals surface area contributed by atoms with Crippen LogP contribution >= 0.6 is 11.8 Å². The first-order chi connectivity index (χ1) is 13.3. The van der Waals surface area contributed by atoms with Gasteiger partial charge in [-0.3, -0.25) is 9.59 Å². The predicted octanol–water partition coefficient (Wildman–Crippen LogP) is 2.41. The number of carbonyl (C=O) groups is 3. The molecular formula is C20H25N3O4S. The number of hydrogen-bond donors (Lipinski definition) is 2. The van der Waals surface area contributed by atoms with Gasteiger partial charge in [-0.2, -0.15) is 5.26 Å². The van der Waals surface area contributed by atoms with Crippen molar-refractivity contribution >= 4 is 29.5 Å². The van der Waals surface area contributed by atoms with Crippen LogP contribution in [0.5, 0.6) is 0 Å². The minimum Gasteiger partial charge on any atom is -0.452 e. The molecule has 0 unspecified atom stereocenters. The van der Waals surface area contributed by atoms with Crippen molar-refractivity contribution in [3.8, 4) is 6.07 Å². The molecule has 1 aromatic carbocycles. The summed E-state index contributed by atoms with van der Waals surface area (Å²) in [5.41, 5.74) is -0.547. The number of ether oxygens (including phenoxy) is 1. The first-order valence-corrected chi connectivity index (χ1v) is 10.2. The van der Waals surface area contributed by atoms with Crippen molar-refractivity contribution in [3.05, 3.63) is 29.8 Å². The van der Waals surface area contributed by atoms with Gasteiger partial charge in [0.1, 0.15) is 5.54 Å². The SMILES string of the molecule is CC(C)NC(=O)CSc1ccccc1C(=O)OCC(=O)NC1(C#N)CCCC1. The van der Waals surface area contributed by atoms with E-state index >= 15 is 0 Å². The first-order valence-electron chi connectivity index (χ1n) is 9.26. The molecule has 0 aliphatic heterocycles. The molecule has 0 radical (unpaired) electrons. The van der Waals surface area contributed by atoms with Crippen LogP contribution in [0.3, 0.4) is 0 Å². The van der Waals surface area contributed by atoms with Crippen molar-refractivity contribution in [1.82, 2.24) is 10.6 Å². The molecule has 0 spiro atoms. The molecule has 0 atom stereocenters. The van der Waals surface area contributed by atoms with E-state index in [1.165, 1.54) is 11.8 Å². The van der Waals surface area contributed by atoms with Crippen molar-refractivity contribution in [2.45, 2.75) is 56.0 Å². The van der Waals surface area contributed by atoms with E-state index in [2.05, 4.69) is 16.7 Å². The van der Waals surface area contributed by atoms with Crippen molar-refractivity contribution in [2.75, 3.05) is 12.4 Å². The molecule has 0 saturated heterocycles. The number of rotatable bonds is 8. The zero-order valence-electron chi connectivity index (χ0n) is 16.1. The molecule has 1 aromatic rings. The quantitative estimate of drug-likeness (QED) is 0.510. The van der Waals surface area contributed by atoms with Gasteiger partial charge in [0.15, 0.2) is 6.61 Å². The topological polar surface area (TPSA) is 108 Å². The van der Waals surface area contributed by atoms with Gasteiger partial charge in [-0.15, -0.1) is 11.8 Å². The van der Waals surface area contributed by atoms with Gasteiger partial charge in [0.05, 0.1) is 17.4 Å². The lowest BCUT2D eigenvalue weighted by atomic mass is 10.00. The molecular weight excluding hydrogens is 378 g/mol. The number of carbonyl (C=O) groups excluding carboxylic acids is 3. The third-order valence-electron chi connectivity index (χ3n) is 4.30. The highest BCUT2D eigenvalue weighted by Crippen LogP contribution is 2.28. The molecule has 0 heterocycles. The van der Waals surface area contributed by atoms with Gasteiger partial charge in [-0.1, -0.05) is 12.1 Å². The minimum atomic E-state index is -0.846. The summed E-state index contributed by atoms with van der Waals surface area (Å²) in [6.45, 7) is 3.30. The standard InChI is InChI=1S/C20H25N3O4S/c1-14(2)22-18(25)12-28-16-8-4-3-7-15(16)19(26)27-11-17(24)23-20(13-21)9-5-6-10-20/h3-4,7-8,14H,5-6,9-12H2,1-2H3,(H,22,25)(H,23,24). The van der Waals surface area contributed by atoms with E-state index in [-0.39, 0.29) is 17.7 Å². The van der Waals surface area contributed by atoms with Crippen LogP contribution in [-0.4, -0.2) is 41.7 Å². The van der Waals surface area contributed by atoms with Crippen LogP contribution in [0.15, 0.2) is 29.2 Å². The number of nitriles is 1. The number of thioether (sulfide) groups is 1. The maximum absolute atomic E-state index is 12.4. The molecule has 1 saturated carbocycles. The molecule has 1 fully saturated rings. The minimum absolute atomic E-state index is 0.0448. The summed E-state index contributed by atoms with van der Waals surface area (Å²) in [5.74, 6) is -1.08. The van der Waals surface area contributed by atoms with Crippen LogP contribution in [0.4, 0.5) is 0 Å². The summed E-state index contributed by atoms with van der Waals surface area (Å²) in [6, 6.07) is 8.99. The average Bonchev–Trinajstić information content (AvgIpc) is 3.13. The highest BCUT2D eigenvalue weighted by atomic mass is 32.2. The smallest absolute Gasteiger partial charge is 0.339 e. The lowest BCUT2D eigenvalue weighted by Gasteiger charge is -2.21. The second-order valence-electron chi connectivity index (χ2n) is 7.03. The molecule has 2 N–H and O–H groups in total. The van der Waals surface area contributed by atoms with E-state index in [4.69, 9.17) is 4.74 Å². The summed E-state index contributed by atoms with van der Waals surface area (Å²) < 4.78 is 5.13. The number of amides is 2. The molecule has 2 rings (SSSR count). The Kier molecular flexibility index (Phi) is 7.88. The van der Waals surface area contributed by atoms with Gasteiger partial charge in [-0.05, 0) is 51.7 Å². The third kappa shape index (κ3) is 6.27. The monoisotopic (exact) mass is 403 g/mol. The maximum Gasteiger partial charge on any atom is 0.339 e. The summed E-state index contributed by atoms with van der Waals surface area (Å²) >= 11 is 1.23. The number of nitrogens with one attached hydrogen (secondary N) is 2. The van der Waals surface area contributed by atoms with E-state index in [1.54, 1.807) is 24.3 Å². The Morgan fingerprint density at radius 1 is 1.21 bits per heavy atom. The Bertz CT molecular complexity index is 767. The van der Waals surface area contributed by atoms with Gasteiger partial charge < -0.3 is 15.4 Å². The van der Waals surface area contributed by atoms with Crippen LogP contribution in [0, 0.1) is 11.3 Å². The van der Waals surface area contributed by atoms with Gasteiger partial charge in [0, 0.05) is 10.9 Å². The van der Waals surface area contributed by atoms with Crippen molar-refractivity contribution in [3.63, 3.8) is 0 Å². The average molecular weight is 404 g/mol. The van der Waals surface area contributed by atoms with Crippen LogP contribution in [-0.2, 0) is 14.3 Å². The van der Waals surface area contributed by atoms with E-state index in [0.717, 1.165) is 12.8 Å². The van der Waals surface area contributed by atoms with E-state index in [1.807, 2.05) is 13.8 Å². The molecule has 0 aromatic heterocycles. The highest BCUT2D eigenvalue weighted by molar-refractivity contribution is 8.00. The zero-order chi connectivity index (χ0) is 20.6. The van der Waals surface area contributed by atoms with Gasteiger partial charge in [0.25, 0.3) is 5.91 Å². The summed E-state index contributed by atoms with van der Waals surface area (Å²) in [5, 5.41) is 14.8. The van der Waals surface area contributed by atoms with E-state index < -0.39 is 24.0 Å². The van der Waals surface area contributed by atoms with Crippen LogP contribution in [0.2, 0.25) is 0 Å². The fourth-order valence-electron chi connectivity index (χ4n) is 3.02. The Labute approximate surface area is 169 Å². The number of hydrogen-bond acceptors (Lipinski definition) is 6. The van der Waals surface area contributed by atoms with Gasteiger partial charge in [-0.25, -0.2) is 4.79 Å². The number of benzene rings is 1. The fourth-order valence-corrected chi connectivity index (χ4v) is 3.87. The van der Waals surface area contributed by atoms with Crippen molar-refractivity contribution in [2.24, 2.45) is 0 Å². The largest absolute Gasteiger partial charge is 0.452 e. The second-order valence-corrected chi connectivity index (χ2v) is 8.05. The Morgan fingerprint density at radius 2 is 1.89 bits per heavy atom. The molecule has 1 aliphatic rings. The van der Waals surface area contributed by atoms with Gasteiger partial charge in [0.2, 0.25) is 5.91 Å². The fraction of sp³-hybridized carbons (Fsp3) is 0.500. The molecule has 150 valence electrons. The molecule has 2 amide bonds. The molecule has 8 heteroatoms. The Hall–Kier alpha value is -2.53. The number of esters is 1. The Morgan fingerprint density at radius 3 is 2.54 bits per heavy atom. The van der Waals surface area contributed by atoms with Crippen LogP contribution in [0.1, 0.15) is 49.9 Å². The van der Waals surface area contributed by atoms with E-state index in [0.29, 0.717) is 23.3 Å². The third-order valence-corrected chi connectivity index (χ3v) is 5.37.